The number of hydrogen-bond acceptors (Lipinski definition) is 2. The summed E-state index contributed by atoms with van der Waals surface area (Å²) in [7, 11) is 0. The van der Waals surface area contributed by atoms with Gasteiger partial charge in [-0.05, 0) is 0 Å². The van der Waals surface area contributed by atoms with Gasteiger partial charge < -0.3 is 10.3 Å². The average Bonchev–Trinajstić information content (AvgIpc) is 2.59. The van der Waals surface area contributed by atoms with E-state index in [1.165, 1.54) is 17.0 Å². The van der Waals surface area contributed by atoms with Crippen LogP contribution in [0.1, 0.15) is 25.6 Å². The molecule has 0 aromatic carbocycles. The number of amidine groups is 1. The lowest BCUT2D eigenvalue weighted by molar-refractivity contribution is -0.158. The number of nitrogens with two attached hydrogens (primary N) is 1. The van der Waals surface area contributed by atoms with Crippen LogP contribution in [0.15, 0.2) is 12.4 Å². The molecule has 0 saturated carbocycles. The van der Waals surface area contributed by atoms with E-state index in [1.807, 2.05) is 13.8 Å². The fraction of sp³-hybridized carbons (Fsp3) is 0.600. The summed E-state index contributed by atoms with van der Waals surface area (Å²) in [5, 5.41) is 7.01. The first kappa shape index (κ1) is 13.5. The van der Waals surface area contributed by atoms with Gasteiger partial charge >= 0.3 is 6.18 Å². The van der Waals surface area contributed by atoms with Crippen molar-refractivity contribution in [2.24, 2.45) is 11.7 Å². The summed E-state index contributed by atoms with van der Waals surface area (Å²) in [6, 6.07) is 0. The van der Waals surface area contributed by atoms with Crippen molar-refractivity contribution in [3.05, 3.63) is 18.2 Å². The summed E-state index contributed by atoms with van der Waals surface area (Å²) in [6.45, 7) is 3.29. The number of nitrogens with zero attached hydrogens (tertiary/aromatic N) is 2. The van der Waals surface area contributed by atoms with Crippen LogP contribution in [0.4, 0.5) is 13.2 Å². The van der Waals surface area contributed by atoms with Gasteiger partial charge in [-0.1, -0.05) is 13.8 Å². The fourth-order valence-electron chi connectivity index (χ4n) is 1.55. The van der Waals surface area contributed by atoms with Crippen molar-refractivity contribution in [1.29, 1.82) is 5.41 Å². The number of nitrogens with one attached hydrogen (secondary N) is 1. The molecule has 1 atom stereocenters. The molecule has 0 bridgehead atoms. The SMILES string of the molecule is CC(C)c1nccn1CC(C(=N)N)C(F)(F)F. The van der Waals surface area contributed by atoms with Crippen molar-refractivity contribution >= 4 is 5.84 Å². The van der Waals surface area contributed by atoms with E-state index in [4.69, 9.17) is 11.1 Å². The lowest BCUT2D eigenvalue weighted by atomic mass is 10.1. The molecule has 0 saturated heterocycles. The normalized spacial score (nSPS) is 14.0. The Kier molecular flexibility index (Phi) is 3.79. The van der Waals surface area contributed by atoms with Gasteiger partial charge in [-0.3, -0.25) is 5.41 Å². The molecule has 0 aliphatic heterocycles. The van der Waals surface area contributed by atoms with Crippen LogP contribution in [0.25, 0.3) is 0 Å². The van der Waals surface area contributed by atoms with Crippen LogP contribution in [0.5, 0.6) is 0 Å². The third-order valence-corrected chi connectivity index (χ3v) is 2.41. The lowest BCUT2D eigenvalue weighted by Gasteiger charge is -2.21. The average molecular weight is 248 g/mol. The van der Waals surface area contributed by atoms with Gasteiger partial charge in [0.1, 0.15) is 17.6 Å². The molecule has 0 spiro atoms. The van der Waals surface area contributed by atoms with Crippen LogP contribution in [-0.2, 0) is 6.54 Å². The van der Waals surface area contributed by atoms with Gasteiger partial charge in [-0.25, -0.2) is 4.98 Å². The van der Waals surface area contributed by atoms with E-state index in [0.29, 0.717) is 5.82 Å². The molecule has 4 nitrogen and oxygen atoms in total. The molecule has 0 radical (unpaired) electrons. The first-order chi connectivity index (χ1) is 7.73. The summed E-state index contributed by atoms with van der Waals surface area (Å²) >= 11 is 0. The van der Waals surface area contributed by atoms with Crippen LogP contribution in [0.3, 0.4) is 0 Å². The number of imidazole rings is 1. The number of aromatic nitrogens is 2. The molecule has 1 aromatic rings. The van der Waals surface area contributed by atoms with Crippen molar-refractivity contribution in [3.63, 3.8) is 0 Å². The van der Waals surface area contributed by atoms with Gasteiger partial charge in [0.15, 0.2) is 0 Å². The highest BCUT2D eigenvalue weighted by atomic mass is 19.4. The van der Waals surface area contributed by atoms with E-state index in [2.05, 4.69) is 4.98 Å². The molecule has 1 rings (SSSR count). The van der Waals surface area contributed by atoms with Crippen molar-refractivity contribution in [3.8, 4) is 0 Å². The molecule has 0 aliphatic rings. The van der Waals surface area contributed by atoms with Gasteiger partial charge in [-0.15, -0.1) is 0 Å². The van der Waals surface area contributed by atoms with Crippen LogP contribution in [0, 0.1) is 11.3 Å². The summed E-state index contributed by atoms with van der Waals surface area (Å²) < 4.78 is 39.3. The summed E-state index contributed by atoms with van der Waals surface area (Å²) in [6.07, 6.45) is -1.59. The maximum absolute atomic E-state index is 12.6. The van der Waals surface area contributed by atoms with Crippen molar-refractivity contribution in [1.82, 2.24) is 9.55 Å². The third kappa shape index (κ3) is 3.21. The monoisotopic (exact) mass is 248 g/mol. The van der Waals surface area contributed by atoms with Crippen molar-refractivity contribution in [2.45, 2.75) is 32.5 Å². The van der Waals surface area contributed by atoms with Crippen molar-refractivity contribution < 1.29 is 13.2 Å². The Bertz CT molecular complexity index is 395. The number of rotatable bonds is 4. The highest BCUT2D eigenvalue weighted by Gasteiger charge is 2.42. The smallest absolute Gasteiger partial charge is 0.387 e. The molecule has 17 heavy (non-hydrogen) atoms. The Hall–Kier alpha value is -1.53. The maximum Gasteiger partial charge on any atom is 0.400 e. The van der Waals surface area contributed by atoms with E-state index in [1.54, 1.807) is 0 Å². The quantitative estimate of drug-likeness (QED) is 0.633. The molecule has 1 heterocycles. The zero-order valence-corrected chi connectivity index (χ0v) is 9.62. The van der Waals surface area contributed by atoms with Crippen molar-refractivity contribution in [2.75, 3.05) is 0 Å². The number of alkyl halides is 3. The van der Waals surface area contributed by atoms with Gasteiger partial charge in [0, 0.05) is 24.9 Å². The Morgan fingerprint density at radius 2 is 2.12 bits per heavy atom. The molecular weight excluding hydrogens is 233 g/mol. The predicted octanol–water partition coefficient (Wildman–Crippen LogP) is 2.12. The summed E-state index contributed by atoms with van der Waals surface area (Å²) in [5.74, 6) is -2.26. The standard InChI is InChI=1S/C10H15F3N4/c1-6(2)9-16-3-4-17(9)5-7(8(14)15)10(11,12)13/h3-4,6-7H,5H2,1-2H3,(H3,14,15). The van der Waals surface area contributed by atoms with E-state index >= 15 is 0 Å². The minimum atomic E-state index is -4.51. The highest BCUT2D eigenvalue weighted by Crippen LogP contribution is 2.28. The van der Waals surface area contributed by atoms with Gasteiger partial charge in [0.05, 0.1) is 0 Å². The first-order valence-electron chi connectivity index (χ1n) is 5.15. The molecule has 1 unspecified atom stereocenters. The lowest BCUT2D eigenvalue weighted by Crippen LogP contribution is -2.38. The molecule has 0 fully saturated rings. The van der Waals surface area contributed by atoms with Gasteiger partial charge in [0.25, 0.3) is 0 Å². The molecule has 7 heteroatoms. The second kappa shape index (κ2) is 4.77. The molecule has 3 N–H and O–H groups in total. The fourth-order valence-corrected chi connectivity index (χ4v) is 1.55. The Balaban J connectivity index is 2.95. The minimum absolute atomic E-state index is 0.0193. The zero-order valence-electron chi connectivity index (χ0n) is 9.62. The molecule has 96 valence electrons. The minimum Gasteiger partial charge on any atom is -0.387 e. The van der Waals surface area contributed by atoms with E-state index in [9.17, 15) is 13.2 Å². The summed E-state index contributed by atoms with van der Waals surface area (Å²) in [5.41, 5.74) is 5.00. The van der Waals surface area contributed by atoms with Crippen LogP contribution in [0.2, 0.25) is 0 Å². The zero-order chi connectivity index (χ0) is 13.2. The van der Waals surface area contributed by atoms with E-state index in [-0.39, 0.29) is 5.92 Å². The molecule has 1 aromatic heterocycles. The summed E-state index contributed by atoms with van der Waals surface area (Å²) in [4.78, 5) is 3.99. The second-order valence-corrected chi connectivity index (χ2v) is 4.14. The maximum atomic E-state index is 12.6. The number of hydrogen-bond donors (Lipinski definition) is 2. The number of halogens is 3. The van der Waals surface area contributed by atoms with Crippen LogP contribution < -0.4 is 5.73 Å². The van der Waals surface area contributed by atoms with Gasteiger partial charge in [0.2, 0.25) is 0 Å². The Labute approximate surface area is 97.1 Å². The molecular formula is C10H15F3N4. The third-order valence-electron chi connectivity index (χ3n) is 2.41. The van der Waals surface area contributed by atoms with Crippen LogP contribution >= 0.6 is 0 Å². The molecule has 0 amide bonds. The largest absolute Gasteiger partial charge is 0.400 e. The Morgan fingerprint density at radius 3 is 2.53 bits per heavy atom. The topological polar surface area (TPSA) is 67.7 Å². The van der Waals surface area contributed by atoms with Gasteiger partial charge in [-0.2, -0.15) is 13.2 Å². The predicted molar refractivity (Wildman–Crippen MR) is 57.8 cm³/mol. The van der Waals surface area contributed by atoms with E-state index in [0.717, 1.165) is 0 Å². The van der Waals surface area contributed by atoms with Crippen LogP contribution in [-0.4, -0.2) is 21.6 Å². The second-order valence-electron chi connectivity index (χ2n) is 4.14. The first-order valence-corrected chi connectivity index (χ1v) is 5.15. The van der Waals surface area contributed by atoms with E-state index < -0.39 is 24.5 Å². The highest BCUT2D eigenvalue weighted by molar-refractivity contribution is 5.80. The molecule has 0 aliphatic carbocycles. The Morgan fingerprint density at radius 1 is 1.53 bits per heavy atom.